The van der Waals surface area contributed by atoms with Crippen molar-refractivity contribution in [1.29, 1.82) is 0 Å². The number of amides is 2. The highest BCUT2D eigenvalue weighted by Gasteiger charge is 2.22. The molecule has 1 aliphatic heterocycles. The molecule has 5 nitrogen and oxygen atoms in total. The van der Waals surface area contributed by atoms with Gasteiger partial charge in [0.05, 0.1) is 13.2 Å². The Morgan fingerprint density at radius 3 is 2.46 bits per heavy atom. The molecule has 1 rings (SSSR count). The van der Waals surface area contributed by atoms with Crippen molar-refractivity contribution in [2.24, 2.45) is 0 Å². The number of aldehydes is 1. The van der Waals surface area contributed by atoms with Crippen LogP contribution in [0.15, 0.2) is 12.2 Å². The Hall–Kier alpha value is -1.49. The summed E-state index contributed by atoms with van der Waals surface area (Å²) in [7, 11) is 0. The van der Waals surface area contributed by atoms with Gasteiger partial charge in [0, 0.05) is 12.2 Å². The fourth-order valence-electron chi connectivity index (χ4n) is 0.939. The molecule has 0 fully saturated rings. The predicted octanol–water partition coefficient (Wildman–Crippen LogP) is -0.873. The van der Waals surface area contributed by atoms with Crippen molar-refractivity contribution in [2.75, 3.05) is 19.8 Å². The third-order valence-electron chi connectivity index (χ3n) is 1.55. The van der Waals surface area contributed by atoms with Gasteiger partial charge in [0.15, 0.2) is 0 Å². The standard InChI is InChI=1S/C8H9NO4/c10-4-6-13-5-3-9-7(11)1-2-8(9)12/h1-2,4H,3,5-6H2. The number of nitrogens with zero attached hydrogens (tertiary/aromatic N) is 1. The van der Waals surface area contributed by atoms with Crippen LogP contribution in [0.4, 0.5) is 0 Å². The second-order valence-corrected chi connectivity index (χ2v) is 2.40. The van der Waals surface area contributed by atoms with Gasteiger partial charge in [-0.3, -0.25) is 14.5 Å². The molecule has 0 N–H and O–H groups in total. The summed E-state index contributed by atoms with van der Waals surface area (Å²) >= 11 is 0. The SMILES string of the molecule is O=CCOCCN1C(=O)C=CC1=O. The van der Waals surface area contributed by atoms with Gasteiger partial charge in [0.1, 0.15) is 12.9 Å². The lowest BCUT2D eigenvalue weighted by atomic mass is 10.5. The lowest BCUT2D eigenvalue weighted by Crippen LogP contribution is -2.33. The fraction of sp³-hybridized carbons (Fsp3) is 0.375. The molecule has 0 aromatic rings. The van der Waals surface area contributed by atoms with E-state index < -0.39 is 0 Å². The highest BCUT2D eigenvalue weighted by atomic mass is 16.5. The number of rotatable bonds is 5. The number of hydrogen-bond acceptors (Lipinski definition) is 4. The first-order chi connectivity index (χ1) is 6.25. The van der Waals surface area contributed by atoms with Crippen molar-refractivity contribution < 1.29 is 19.1 Å². The molecule has 0 unspecified atom stereocenters. The summed E-state index contributed by atoms with van der Waals surface area (Å²) in [5, 5.41) is 0. The molecule has 0 aliphatic carbocycles. The van der Waals surface area contributed by atoms with Crippen LogP contribution in [0.3, 0.4) is 0 Å². The van der Waals surface area contributed by atoms with Gasteiger partial charge < -0.3 is 9.53 Å². The van der Waals surface area contributed by atoms with Crippen molar-refractivity contribution >= 4 is 18.1 Å². The number of carbonyl (C=O) groups excluding carboxylic acids is 3. The molecule has 0 bridgehead atoms. The van der Waals surface area contributed by atoms with Crippen LogP contribution in [0, 0.1) is 0 Å². The molecule has 0 spiro atoms. The first kappa shape index (κ1) is 9.60. The average molecular weight is 183 g/mol. The Labute approximate surface area is 75.0 Å². The Morgan fingerprint density at radius 1 is 1.31 bits per heavy atom. The summed E-state index contributed by atoms with van der Waals surface area (Å²) in [6.45, 7) is 0.375. The number of imide groups is 1. The Morgan fingerprint density at radius 2 is 1.92 bits per heavy atom. The molecule has 1 heterocycles. The van der Waals surface area contributed by atoms with E-state index in [4.69, 9.17) is 4.74 Å². The van der Waals surface area contributed by atoms with Crippen LogP contribution in [0.1, 0.15) is 0 Å². The zero-order valence-corrected chi connectivity index (χ0v) is 6.93. The van der Waals surface area contributed by atoms with Gasteiger partial charge in [0.2, 0.25) is 0 Å². The third-order valence-corrected chi connectivity index (χ3v) is 1.55. The topological polar surface area (TPSA) is 63.7 Å². The zero-order valence-electron chi connectivity index (χ0n) is 6.93. The van der Waals surface area contributed by atoms with Crippen LogP contribution in [0.2, 0.25) is 0 Å². The average Bonchev–Trinajstić information content (AvgIpc) is 2.42. The van der Waals surface area contributed by atoms with Crippen LogP contribution >= 0.6 is 0 Å². The van der Waals surface area contributed by atoms with E-state index >= 15 is 0 Å². The van der Waals surface area contributed by atoms with E-state index in [1.165, 1.54) is 12.2 Å². The molecule has 0 radical (unpaired) electrons. The van der Waals surface area contributed by atoms with Gasteiger partial charge >= 0.3 is 0 Å². The number of hydrogen-bond donors (Lipinski definition) is 0. The van der Waals surface area contributed by atoms with E-state index in [2.05, 4.69) is 0 Å². The first-order valence-corrected chi connectivity index (χ1v) is 3.80. The Bertz CT molecular complexity index is 241. The van der Waals surface area contributed by atoms with Crippen molar-refractivity contribution in [2.45, 2.75) is 0 Å². The largest absolute Gasteiger partial charge is 0.372 e. The minimum atomic E-state index is -0.334. The van der Waals surface area contributed by atoms with Gasteiger partial charge in [-0.1, -0.05) is 0 Å². The van der Waals surface area contributed by atoms with E-state index in [-0.39, 0.29) is 31.6 Å². The molecule has 13 heavy (non-hydrogen) atoms. The molecule has 0 aromatic heterocycles. The Balaban J connectivity index is 2.25. The normalized spacial score (nSPS) is 15.5. The van der Waals surface area contributed by atoms with Crippen LogP contribution < -0.4 is 0 Å². The van der Waals surface area contributed by atoms with Crippen LogP contribution in [0.5, 0.6) is 0 Å². The minimum Gasteiger partial charge on any atom is -0.372 e. The molecule has 5 heteroatoms. The molecule has 70 valence electrons. The second-order valence-electron chi connectivity index (χ2n) is 2.40. The molecule has 0 aromatic carbocycles. The van der Waals surface area contributed by atoms with Crippen LogP contribution in [-0.4, -0.2) is 42.8 Å². The van der Waals surface area contributed by atoms with Gasteiger partial charge in [-0.2, -0.15) is 0 Å². The smallest absolute Gasteiger partial charge is 0.253 e. The number of carbonyl (C=O) groups is 3. The summed E-state index contributed by atoms with van der Waals surface area (Å²) in [5.41, 5.74) is 0. The van der Waals surface area contributed by atoms with E-state index in [1.807, 2.05) is 0 Å². The van der Waals surface area contributed by atoms with E-state index in [1.54, 1.807) is 0 Å². The minimum absolute atomic E-state index is 0.0103. The highest BCUT2D eigenvalue weighted by Crippen LogP contribution is 2.01. The van der Waals surface area contributed by atoms with E-state index in [0.29, 0.717) is 6.29 Å². The third kappa shape index (κ3) is 2.48. The maximum atomic E-state index is 10.9. The lowest BCUT2D eigenvalue weighted by molar-refractivity contribution is -0.137. The molecule has 0 atom stereocenters. The summed E-state index contributed by atoms with van der Waals surface area (Å²) in [6.07, 6.45) is 3.04. The molecule has 1 aliphatic rings. The monoisotopic (exact) mass is 183 g/mol. The van der Waals surface area contributed by atoms with Gasteiger partial charge in [-0.05, 0) is 0 Å². The maximum Gasteiger partial charge on any atom is 0.253 e. The second kappa shape index (κ2) is 4.51. The van der Waals surface area contributed by atoms with E-state index in [0.717, 1.165) is 4.90 Å². The lowest BCUT2D eigenvalue weighted by Gasteiger charge is -2.12. The van der Waals surface area contributed by atoms with Gasteiger partial charge in [-0.15, -0.1) is 0 Å². The number of ether oxygens (including phenoxy) is 1. The van der Waals surface area contributed by atoms with Crippen molar-refractivity contribution in [3.8, 4) is 0 Å². The molecular weight excluding hydrogens is 174 g/mol. The molecule has 2 amide bonds. The highest BCUT2D eigenvalue weighted by molar-refractivity contribution is 6.12. The summed E-state index contributed by atoms with van der Waals surface area (Å²) in [6, 6.07) is 0. The summed E-state index contributed by atoms with van der Waals surface area (Å²) in [5.74, 6) is -0.667. The first-order valence-electron chi connectivity index (χ1n) is 3.80. The quantitative estimate of drug-likeness (QED) is 0.315. The van der Waals surface area contributed by atoms with Gasteiger partial charge in [-0.25, -0.2) is 0 Å². The fourth-order valence-corrected chi connectivity index (χ4v) is 0.939. The van der Waals surface area contributed by atoms with Crippen LogP contribution in [-0.2, 0) is 19.1 Å². The predicted molar refractivity (Wildman–Crippen MR) is 42.7 cm³/mol. The zero-order chi connectivity index (χ0) is 9.68. The van der Waals surface area contributed by atoms with E-state index in [9.17, 15) is 14.4 Å². The van der Waals surface area contributed by atoms with Crippen molar-refractivity contribution in [3.05, 3.63) is 12.2 Å². The molecule has 0 saturated carbocycles. The van der Waals surface area contributed by atoms with Gasteiger partial charge in [0.25, 0.3) is 11.8 Å². The van der Waals surface area contributed by atoms with Crippen molar-refractivity contribution in [3.63, 3.8) is 0 Å². The molecular formula is C8H9NO4. The maximum absolute atomic E-state index is 10.9. The molecule has 0 saturated heterocycles. The van der Waals surface area contributed by atoms with Crippen LogP contribution in [0.25, 0.3) is 0 Å². The van der Waals surface area contributed by atoms with Crippen molar-refractivity contribution in [1.82, 2.24) is 4.90 Å². The Kier molecular flexibility index (Phi) is 3.33. The summed E-state index contributed by atoms with van der Waals surface area (Å²) < 4.78 is 4.80. The summed E-state index contributed by atoms with van der Waals surface area (Å²) in [4.78, 5) is 32.8.